The first-order chi connectivity index (χ1) is 8.00. The van der Waals surface area contributed by atoms with E-state index in [1.165, 1.54) is 0 Å². The van der Waals surface area contributed by atoms with Gasteiger partial charge in [-0.05, 0) is 25.3 Å². The number of carbonyl (C=O) groups excluding carboxylic acids is 1. The Morgan fingerprint density at radius 2 is 1.76 bits per heavy atom. The van der Waals surface area contributed by atoms with Gasteiger partial charge < -0.3 is 4.74 Å². The molecule has 1 aromatic carbocycles. The van der Waals surface area contributed by atoms with Crippen LogP contribution in [0.4, 0.5) is 0 Å². The highest BCUT2D eigenvalue weighted by molar-refractivity contribution is 5.87. The molecule has 0 aliphatic heterocycles. The second-order valence-corrected chi connectivity index (χ2v) is 4.55. The third-order valence-corrected chi connectivity index (χ3v) is 2.46. The lowest BCUT2D eigenvalue weighted by Gasteiger charge is -2.14. The molecule has 2 heteroatoms. The van der Waals surface area contributed by atoms with Crippen LogP contribution in [-0.2, 0) is 9.53 Å². The molecule has 0 fully saturated rings. The lowest BCUT2D eigenvalue weighted by Crippen LogP contribution is -2.10. The minimum absolute atomic E-state index is 0.209. The van der Waals surface area contributed by atoms with Crippen LogP contribution in [0.15, 0.2) is 42.0 Å². The maximum absolute atomic E-state index is 11.8. The zero-order valence-corrected chi connectivity index (χ0v) is 10.9. The molecule has 0 saturated heterocycles. The van der Waals surface area contributed by atoms with Gasteiger partial charge in [0.1, 0.15) is 6.10 Å². The number of benzene rings is 1. The molecular weight excluding hydrogens is 212 g/mol. The Bertz CT molecular complexity index is 391. The summed E-state index contributed by atoms with van der Waals surface area (Å²) in [4.78, 5) is 11.8. The van der Waals surface area contributed by atoms with E-state index in [1.54, 1.807) is 6.92 Å². The molecule has 1 aromatic rings. The summed E-state index contributed by atoms with van der Waals surface area (Å²) in [6.45, 7) is 7.75. The molecule has 0 aliphatic rings. The molecule has 0 amide bonds. The van der Waals surface area contributed by atoms with E-state index in [4.69, 9.17) is 4.74 Å². The summed E-state index contributed by atoms with van der Waals surface area (Å²) in [6.07, 6.45) is 1.71. The van der Waals surface area contributed by atoms with Crippen molar-refractivity contribution in [3.05, 3.63) is 47.5 Å². The van der Waals surface area contributed by atoms with E-state index in [9.17, 15) is 4.79 Å². The predicted octanol–water partition coefficient (Wildman–Crippen LogP) is 3.89. The van der Waals surface area contributed by atoms with Gasteiger partial charge in [-0.3, -0.25) is 0 Å². The van der Waals surface area contributed by atoms with Gasteiger partial charge in [-0.1, -0.05) is 50.3 Å². The van der Waals surface area contributed by atoms with E-state index < -0.39 is 0 Å². The highest BCUT2D eigenvalue weighted by Crippen LogP contribution is 2.18. The van der Waals surface area contributed by atoms with Crippen molar-refractivity contribution in [2.24, 2.45) is 5.92 Å². The smallest absolute Gasteiger partial charge is 0.333 e. The van der Waals surface area contributed by atoms with E-state index in [1.807, 2.05) is 57.2 Å². The zero-order chi connectivity index (χ0) is 12.8. The van der Waals surface area contributed by atoms with Crippen molar-refractivity contribution in [3.63, 3.8) is 0 Å². The van der Waals surface area contributed by atoms with Gasteiger partial charge in [-0.15, -0.1) is 0 Å². The Morgan fingerprint density at radius 1 is 1.18 bits per heavy atom. The lowest BCUT2D eigenvalue weighted by atomic mass is 10.1. The van der Waals surface area contributed by atoms with Crippen LogP contribution in [0.3, 0.4) is 0 Å². The van der Waals surface area contributed by atoms with Gasteiger partial charge in [-0.25, -0.2) is 4.79 Å². The lowest BCUT2D eigenvalue weighted by molar-refractivity contribution is -0.143. The molecule has 0 bridgehead atoms. The largest absolute Gasteiger partial charge is 0.454 e. The van der Waals surface area contributed by atoms with Crippen LogP contribution in [0.2, 0.25) is 0 Å². The molecule has 17 heavy (non-hydrogen) atoms. The summed E-state index contributed by atoms with van der Waals surface area (Å²) in [5.41, 5.74) is 1.68. The highest BCUT2D eigenvalue weighted by atomic mass is 16.5. The number of hydrogen-bond acceptors (Lipinski definition) is 2. The fourth-order valence-corrected chi connectivity index (χ4v) is 1.61. The van der Waals surface area contributed by atoms with Gasteiger partial charge in [0.15, 0.2) is 0 Å². The molecule has 2 nitrogen and oxygen atoms in total. The number of ether oxygens (including phenoxy) is 1. The first-order valence-electron chi connectivity index (χ1n) is 5.95. The van der Waals surface area contributed by atoms with Gasteiger partial charge >= 0.3 is 5.97 Å². The molecule has 0 radical (unpaired) electrons. The Balaban J connectivity index is 2.64. The summed E-state index contributed by atoms with van der Waals surface area (Å²) >= 11 is 0. The van der Waals surface area contributed by atoms with Gasteiger partial charge in [-0.2, -0.15) is 0 Å². The maximum atomic E-state index is 11.8. The van der Waals surface area contributed by atoms with Crippen LogP contribution in [0.1, 0.15) is 39.4 Å². The monoisotopic (exact) mass is 232 g/mol. The summed E-state index contributed by atoms with van der Waals surface area (Å²) < 4.78 is 5.39. The maximum Gasteiger partial charge on any atom is 0.333 e. The van der Waals surface area contributed by atoms with Crippen molar-refractivity contribution in [2.45, 2.75) is 33.8 Å². The summed E-state index contributed by atoms with van der Waals surface area (Å²) in [7, 11) is 0. The molecule has 0 spiro atoms. The fourth-order valence-electron chi connectivity index (χ4n) is 1.61. The van der Waals surface area contributed by atoms with Crippen molar-refractivity contribution in [3.8, 4) is 0 Å². The second-order valence-electron chi connectivity index (χ2n) is 4.55. The Morgan fingerprint density at radius 3 is 2.29 bits per heavy atom. The predicted molar refractivity (Wildman–Crippen MR) is 69.5 cm³/mol. The van der Waals surface area contributed by atoms with Crippen LogP contribution in [-0.4, -0.2) is 5.97 Å². The number of hydrogen-bond donors (Lipinski definition) is 0. The van der Waals surface area contributed by atoms with Gasteiger partial charge in [0, 0.05) is 5.57 Å². The van der Waals surface area contributed by atoms with E-state index in [-0.39, 0.29) is 12.1 Å². The summed E-state index contributed by atoms with van der Waals surface area (Å²) in [5.74, 6) is 0.115. The molecule has 0 aliphatic carbocycles. The summed E-state index contributed by atoms with van der Waals surface area (Å²) in [6, 6.07) is 9.74. The van der Waals surface area contributed by atoms with Crippen molar-refractivity contribution in [1.82, 2.24) is 0 Å². The van der Waals surface area contributed by atoms with E-state index >= 15 is 0 Å². The van der Waals surface area contributed by atoms with Crippen LogP contribution in [0, 0.1) is 5.92 Å². The fraction of sp³-hybridized carbons (Fsp3) is 0.400. The highest BCUT2D eigenvalue weighted by Gasteiger charge is 2.12. The van der Waals surface area contributed by atoms with Crippen LogP contribution in [0.25, 0.3) is 0 Å². The van der Waals surface area contributed by atoms with Gasteiger partial charge in [0.25, 0.3) is 0 Å². The second kappa shape index (κ2) is 6.24. The number of carbonyl (C=O) groups is 1. The first kappa shape index (κ1) is 13.5. The molecule has 1 unspecified atom stereocenters. The normalized spacial score (nSPS) is 13.6. The molecular formula is C15H20O2. The topological polar surface area (TPSA) is 26.3 Å². The third-order valence-electron chi connectivity index (χ3n) is 2.46. The number of esters is 1. The molecule has 0 saturated carbocycles. The van der Waals surface area contributed by atoms with E-state index in [0.717, 1.165) is 5.56 Å². The number of allylic oxidation sites excluding steroid dienone is 1. The van der Waals surface area contributed by atoms with Crippen LogP contribution < -0.4 is 0 Å². The SMILES string of the molecule is C/C(=C\C(C)C)C(=O)OC(C)c1ccccc1. The standard InChI is InChI=1S/C15H20O2/c1-11(2)10-12(3)15(16)17-13(4)14-8-6-5-7-9-14/h5-11,13H,1-4H3/b12-10+. The first-order valence-corrected chi connectivity index (χ1v) is 5.95. The Kier molecular flexibility index (Phi) is 4.95. The van der Waals surface area contributed by atoms with Crippen LogP contribution >= 0.6 is 0 Å². The third kappa shape index (κ3) is 4.43. The van der Waals surface area contributed by atoms with E-state index in [2.05, 4.69) is 0 Å². The minimum atomic E-state index is -0.241. The molecule has 0 heterocycles. The quantitative estimate of drug-likeness (QED) is 0.581. The Hall–Kier alpha value is -1.57. The van der Waals surface area contributed by atoms with Gasteiger partial charge in [0.2, 0.25) is 0 Å². The Labute approximate surface area is 103 Å². The van der Waals surface area contributed by atoms with E-state index in [0.29, 0.717) is 11.5 Å². The zero-order valence-electron chi connectivity index (χ0n) is 10.9. The van der Waals surface area contributed by atoms with Crippen molar-refractivity contribution in [1.29, 1.82) is 0 Å². The summed E-state index contributed by atoms with van der Waals surface area (Å²) in [5, 5.41) is 0. The van der Waals surface area contributed by atoms with Crippen LogP contribution in [0.5, 0.6) is 0 Å². The molecule has 92 valence electrons. The molecule has 1 atom stereocenters. The van der Waals surface area contributed by atoms with Crippen molar-refractivity contribution >= 4 is 5.97 Å². The number of rotatable bonds is 4. The van der Waals surface area contributed by atoms with Gasteiger partial charge in [0.05, 0.1) is 0 Å². The molecule has 0 aromatic heterocycles. The molecule has 1 rings (SSSR count). The average Bonchev–Trinajstić information content (AvgIpc) is 2.29. The molecule has 0 N–H and O–H groups in total. The van der Waals surface area contributed by atoms with Crippen molar-refractivity contribution in [2.75, 3.05) is 0 Å². The minimum Gasteiger partial charge on any atom is -0.454 e. The van der Waals surface area contributed by atoms with Crippen molar-refractivity contribution < 1.29 is 9.53 Å². The average molecular weight is 232 g/mol.